The number of aliphatic hydroxyl groups excluding tert-OH is 2. The van der Waals surface area contributed by atoms with Gasteiger partial charge in [0.25, 0.3) is 0 Å². The van der Waals surface area contributed by atoms with E-state index < -0.39 is 67.0 Å². The normalized spacial score (nSPS) is 14.7. The van der Waals surface area contributed by atoms with Gasteiger partial charge in [-0.25, -0.2) is 4.79 Å². The third-order valence-electron chi connectivity index (χ3n) is 4.59. The SMILES string of the molecule is CC(C)C(NC(=O)C(CO)NC(=O)C(CO)NC(=O)C(N)Cc1ccc(O)cc1)C(=O)O. The van der Waals surface area contributed by atoms with Crippen LogP contribution in [0.3, 0.4) is 0 Å². The molecule has 12 nitrogen and oxygen atoms in total. The number of hydrogen-bond acceptors (Lipinski definition) is 8. The zero-order chi connectivity index (χ0) is 24.4. The summed E-state index contributed by atoms with van der Waals surface area (Å²) in [6, 6.07) is 0.738. The molecule has 0 heterocycles. The Labute approximate surface area is 184 Å². The molecule has 178 valence electrons. The van der Waals surface area contributed by atoms with E-state index in [1.54, 1.807) is 26.0 Å². The number of carboxylic acids is 1. The highest BCUT2D eigenvalue weighted by Crippen LogP contribution is 2.11. The first-order chi connectivity index (χ1) is 15.0. The Hall–Kier alpha value is -3.22. The van der Waals surface area contributed by atoms with Crippen LogP contribution in [-0.2, 0) is 25.6 Å². The fourth-order valence-corrected chi connectivity index (χ4v) is 2.69. The second kappa shape index (κ2) is 12.6. The van der Waals surface area contributed by atoms with Gasteiger partial charge in [0.1, 0.15) is 23.9 Å². The number of phenolic OH excluding ortho intramolecular Hbond substituents is 1. The van der Waals surface area contributed by atoms with Crippen molar-refractivity contribution in [3.63, 3.8) is 0 Å². The number of nitrogens with one attached hydrogen (secondary N) is 3. The molecule has 1 rings (SSSR count). The minimum absolute atomic E-state index is 0.0503. The highest BCUT2D eigenvalue weighted by atomic mass is 16.4. The predicted molar refractivity (Wildman–Crippen MR) is 112 cm³/mol. The lowest BCUT2D eigenvalue weighted by Crippen LogP contribution is -2.59. The fourth-order valence-electron chi connectivity index (χ4n) is 2.69. The predicted octanol–water partition coefficient (Wildman–Crippen LogP) is -2.56. The van der Waals surface area contributed by atoms with E-state index in [2.05, 4.69) is 16.0 Å². The zero-order valence-electron chi connectivity index (χ0n) is 17.8. The molecule has 0 saturated carbocycles. The number of rotatable bonds is 12. The first kappa shape index (κ1) is 26.8. The van der Waals surface area contributed by atoms with Crippen molar-refractivity contribution in [3.05, 3.63) is 29.8 Å². The highest BCUT2D eigenvalue weighted by molar-refractivity contribution is 5.94. The number of aliphatic hydroxyl groups is 2. The summed E-state index contributed by atoms with van der Waals surface area (Å²) in [5, 5.41) is 44.0. The summed E-state index contributed by atoms with van der Waals surface area (Å²) in [5.41, 5.74) is 6.49. The number of carboxylic acid groups (broad SMARTS) is 1. The minimum Gasteiger partial charge on any atom is -0.508 e. The Morgan fingerprint density at radius 3 is 1.78 bits per heavy atom. The number of hydrogen-bond donors (Lipinski definition) is 8. The Bertz CT molecular complexity index is 799. The molecule has 0 aliphatic carbocycles. The topological polar surface area (TPSA) is 211 Å². The first-order valence-electron chi connectivity index (χ1n) is 9.89. The monoisotopic (exact) mass is 454 g/mol. The fraction of sp³-hybridized carbons (Fsp3) is 0.500. The summed E-state index contributed by atoms with van der Waals surface area (Å²) >= 11 is 0. The third-order valence-corrected chi connectivity index (χ3v) is 4.59. The van der Waals surface area contributed by atoms with Crippen LogP contribution >= 0.6 is 0 Å². The molecule has 12 heteroatoms. The van der Waals surface area contributed by atoms with E-state index in [0.717, 1.165) is 0 Å². The van der Waals surface area contributed by atoms with Crippen LogP contribution in [0.15, 0.2) is 24.3 Å². The molecule has 0 radical (unpaired) electrons. The zero-order valence-corrected chi connectivity index (χ0v) is 17.8. The summed E-state index contributed by atoms with van der Waals surface area (Å²) in [5.74, 6) is -4.33. The van der Waals surface area contributed by atoms with Crippen molar-refractivity contribution >= 4 is 23.7 Å². The molecule has 1 aromatic rings. The Morgan fingerprint density at radius 2 is 1.34 bits per heavy atom. The molecular formula is C20H30N4O8. The van der Waals surface area contributed by atoms with Crippen LogP contribution in [-0.4, -0.2) is 81.5 Å². The van der Waals surface area contributed by atoms with Gasteiger partial charge in [0.15, 0.2) is 0 Å². The molecule has 32 heavy (non-hydrogen) atoms. The molecule has 0 aliphatic heterocycles. The quantitative estimate of drug-likeness (QED) is 0.167. The number of nitrogens with two attached hydrogens (primary N) is 1. The molecular weight excluding hydrogens is 424 g/mol. The average Bonchev–Trinajstić information content (AvgIpc) is 2.74. The lowest BCUT2D eigenvalue weighted by molar-refractivity contribution is -0.143. The van der Waals surface area contributed by atoms with Gasteiger partial charge in [0.2, 0.25) is 17.7 Å². The average molecular weight is 454 g/mol. The third kappa shape index (κ3) is 8.13. The van der Waals surface area contributed by atoms with Crippen molar-refractivity contribution in [2.45, 2.75) is 44.4 Å². The standard InChI is InChI=1S/C20H30N4O8/c1-10(2)16(20(31)32)24-19(30)15(9-26)23-18(29)14(8-25)22-17(28)13(21)7-11-3-5-12(27)6-4-11/h3-6,10,13-16,25-27H,7-9,21H2,1-2H3,(H,22,28)(H,23,29)(H,24,30)(H,31,32). The van der Waals surface area contributed by atoms with Gasteiger partial charge < -0.3 is 42.1 Å². The van der Waals surface area contributed by atoms with Gasteiger partial charge in [-0.3, -0.25) is 14.4 Å². The molecule has 4 atom stereocenters. The van der Waals surface area contributed by atoms with Gasteiger partial charge in [-0.1, -0.05) is 26.0 Å². The van der Waals surface area contributed by atoms with Crippen molar-refractivity contribution in [2.75, 3.05) is 13.2 Å². The van der Waals surface area contributed by atoms with Crippen molar-refractivity contribution < 1.29 is 39.6 Å². The lowest BCUT2D eigenvalue weighted by Gasteiger charge is -2.24. The summed E-state index contributed by atoms with van der Waals surface area (Å²) in [4.78, 5) is 48.2. The number of carbonyl (C=O) groups excluding carboxylic acids is 3. The molecule has 0 spiro atoms. The molecule has 0 saturated heterocycles. The summed E-state index contributed by atoms with van der Waals surface area (Å²) < 4.78 is 0. The van der Waals surface area contributed by atoms with Crippen molar-refractivity contribution in [1.82, 2.24) is 16.0 Å². The maximum atomic E-state index is 12.4. The highest BCUT2D eigenvalue weighted by Gasteiger charge is 2.30. The van der Waals surface area contributed by atoms with Gasteiger partial charge in [0, 0.05) is 0 Å². The number of amides is 3. The van der Waals surface area contributed by atoms with Gasteiger partial charge in [-0.15, -0.1) is 0 Å². The summed E-state index contributed by atoms with van der Waals surface area (Å²) in [7, 11) is 0. The van der Waals surface area contributed by atoms with Gasteiger partial charge in [-0.05, 0) is 30.0 Å². The van der Waals surface area contributed by atoms with E-state index in [1.807, 2.05) is 0 Å². The molecule has 0 aromatic heterocycles. The molecule has 1 aromatic carbocycles. The van der Waals surface area contributed by atoms with E-state index in [4.69, 9.17) is 10.8 Å². The van der Waals surface area contributed by atoms with Crippen LogP contribution in [0.25, 0.3) is 0 Å². The molecule has 9 N–H and O–H groups in total. The van der Waals surface area contributed by atoms with Gasteiger partial charge >= 0.3 is 5.97 Å². The lowest BCUT2D eigenvalue weighted by atomic mass is 10.0. The molecule has 3 amide bonds. The number of carbonyl (C=O) groups is 4. The van der Waals surface area contributed by atoms with Crippen molar-refractivity contribution in [1.29, 1.82) is 0 Å². The Kier molecular flexibility index (Phi) is 10.5. The second-order valence-corrected chi connectivity index (χ2v) is 7.53. The van der Waals surface area contributed by atoms with E-state index in [0.29, 0.717) is 5.56 Å². The first-order valence-corrected chi connectivity index (χ1v) is 9.89. The van der Waals surface area contributed by atoms with E-state index in [1.165, 1.54) is 12.1 Å². The Morgan fingerprint density at radius 1 is 0.875 bits per heavy atom. The van der Waals surface area contributed by atoms with Crippen LogP contribution in [0.1, 0.15) is 19.4 Å². The number of aromatic hydroxyl groups is 1. The molecule has 0 fully saturated rings. The second-order valence-electron chi connectivity index (χ2n) is 7.53. The largest absolute Gasteiger partial charge is 0.508 e. The maximum Gasteiger partial charge on any atom is 0.326 e. The Balaban J connectivity index is 2.72. The minimum atomic E-state index is -1.50. The number of benzene rings is 1. The summed E-state index contributed by atoms with van der Waals surface area (Å²) in [6.45, 7) is 1.50. The van der Waals surface area contributed by atoms with Crippen LogP contribution < -0.4 is 21.7 Å². The van der Waals surface area contributed by atoms with Crippen LogP contribution in [0, 0.1) is 5.92 Å². The summed E-state index contributed by atoms with van der Waals surface area (Å²) in [6.07, 6.45) is 0.0966. The van der Waals surface area contributed by atoms with Crippen molar-refractivity contribution in [3.8, 4) is 5.75 Å². The van der Waals surface area contributed by atoms with E-state index >= 15 is 0 Å². The molecule has 0 bridgehead atoms. The number of aliphatic carboxylic acids is 1. The van der Waals surface area contributed by atoms with E-state index in [9.17, 15) is 34.5 Å². The van der Waals surface area contributed by atoms with Crippen molar-refractivity contribution in [2.24, 2.45) is 11.7 Å². The number of phenols is 1. The smallest absolute Gasteiger partial charge is 0.326 e. The maximum absolute atomic E-state index is 12.4. The van der Waals surface area contributed by atoms with Crippen LogP contribution in [0.5, 0.6) is 5.75 Å². The van der Waals surface area contributed by atoms with Gasteiger partial charge in [0.05, 0.1) is 19.3 Å². The van der Waals surface area contributed by atoms with E-state index in [-0.39, 0.29) is 12.2 Å². The molecule has 0 aliphatic rings. The molecule has 4 unspecified atom stereocenters. The van der Waals surface area contributed by atoms with Gasteiger partial charge in [-0.2, -0.15) is 0 Å². The van der Waals surface area contributed by atoms with Crippen LogP contribution in [0.4, 0.5) is 0 Å². The van der Waals surface area contributed by atoms with Crippen LogP contribution in [0.2, 0.25) is 0 Å².